The van der Waals surface area contributed by atoms with E-state index in [1.165, 1.54) is 11.3 Å². The molecule has 0 unspecified atom stereocenters. The van der Waals surface area contributed by atoms with Crippen LogP contribution in [0.1, 0.15) is 16.1 Å². The molecular formula is C9H12N2O2S2. The van der Waals surface area contributed by atoms with Crippen LogP contribution in [0.2, 0.25) is 0 Å². The highest BCUT2D eigenvalue weighted by molar-refractivity contribution is 7.80. The fourth-order valence-electron chi connectivity index (χ4n) is 0.947. The molecule has 4 nitrogen and oxygen atoms in total. The zero-order chi connectivity index (χ0) is 11.3. The number of carbonyl (C=O) groups excluding carboxylic acids is 2. The Kier molecular flexibility index (Phi) is 4.64. The first kappa shape index (κ1) is 12.1. The number of hydrogen-bond donors (Lipinski definition) is 3. The molecule has 0 saturated heterocycles. The number of thiol groups is 1. The summed E-state index contributed by atoms with van der Waals surface area (Å²) in [5.41, 5.74) is 0. The van der Waals surface area contributed by atoms with Gasteiger partial charge in [-0.3, -0.25) is 9.59 Å². The fourth-order valence-corrected chi connectivity index (χ4v) is 2.01. The van der Waals surface area contributed by atoms with Crippen molar-refractivity contribution in [1.82, 2.24) is 10.6 Å². The second-order valence-corrected chi connectivity index (χ2v) is 4.28. The van der Waals surface area contributed by atoms with E-state index >= 15 is 0 Å². The largest absolute Gasteiger partial charge is 0.359 e. The van der Waals surface area contributed by atoms with E-state index in [0.717, 1.165) is 4.90 Å². The summed E-state index contributed by atoms with van der Waals surface area (Å²) >= 11 is 5.44. The van der Waals surface area contributed by atoms with E-state index in [1.54, 1.807) is 18.5 Å². The first-order chi connectivity index (χ1) is 7.13. The molecule has 0 fully saturated rings. The number of nitrogens with one attached hydrogen (secondary N) is 2. The molecule has 0 atom stereocenters. The Balaban J connectivity index is 2.34. The molecule has 0 aliphatic rings. The second kappa shape index (κ2) is 5.77. The van der Waals surface area contributed by atoms with Gasteiger partial charge >= 0.3 is 0 Å². The van der Waals surface area contributed by atoms with Gasteiger partial charge in [0.1, 0.15) is 0 Å². The molecule has 0 bridgehead atoms. The molecule has 6 heteroatoms. The van der Waals surface area contributed by atoms with Crippen LogP contribution in [-0.2, 0) is 4.79 Å². The standard InChI is InChI=1S/C9H12N2O2S2/c1-10-8(12)2-3-11-9(13)7-4-6(14)5-15-7/h4-5,14H,2-3H2,1H3,(H,10,12)(H,11,13). The summed E-state index contributed by atoms with van der Waals surface area (Å²) in [7, 11) is 1.57. The van der Waals surface area contributed by atoms with Crippen LogP contribution in [0, 0.1) is 0 Å². The summed E-state index contributed by atoms with van der Waals surface area (Å²) in [6.07, 6.45) is 0.293. The molecule has 0 radical (unpaired) electrons. The predicted octanol–water partition coefficient (Wildman–Crippen LogP) is 0.903. The van der Waals surface area contributed by atoms with E-state index in [2.05, 4.69) is 23.3 Å². The zero-order valence-electron chi connectivity index (χ0n) is 8.24. The molecule has 0 aliphatic heterocycles. The first-order valence-electron chi connectivity index (χ1n) is 4.39. The van der Waals surface area contributed by atoms with Crippen molar-refractivity contribution in [3.05, 3.63) is 16.3 Å². The van der Waals surface area contributed by atoms with Gasteiger partial charge in [0.25, 0.3) is 5.91 Å². The number of rotatable bonds is 4. The number of thiophene rings is 1. The molecule has 0 aliphatic carbocycles. The summed E-state index contributed by atoms with van der Waals surface area (Å²) in [6, 6.07) is 1.70. The first-order valence-corrected chi connectivity index (χ1v) is 5.72. The average molecular weight is 244 g/mol. The van der Waals surface area contributed by atoms with Gasteiger partial charge in [0.15, 0.2) is 0 Å². The molecule has 2 N–H and O–H groups in total. The summed E-state index contributed by atoms with van der Waals surface area (Å²) in [5, 5.41) is 6.93. The van der Waals surface area contributed by atoms with E-state index in [4.69, 9.17) is 0 Å². The summed E-state index contributed by atoms with van der Waals surface area (Å²) < 4.78 is 0. The van der Waals surface area contributed by atoms with Crippen molar-refractivity contribution in [2.75, 3.05) is 13.6 Å². The van der Waals surface area contributed by atoms with Gasteiger partial charge in [0.2, 0.25) is 5.91 Å². The number of amides is 2. The number of hydrogen-bond acceptors (Lipinski definition) is 4. The quantitative estimate of drug-likeness (QED) is 0.689. The van der Waals surface area contributed by atoms with Crippen molar-refractivity contribution in [1.29, 1.82) is 0 Å². The molecule has 1 heterocycles. The highest BCUT2D eigenvalue weighted by Gasteiger charge is 2.07. The van der Waals surface area contributed by atoms with Crippen molar-refractivity contribution in [2.24, 2.45) is 0 Å². The Bertz CT molecular complexity index is 363. The Labute approximate surface area is 97.5 Å². The minimum Gasteiger partial charge on any atom is -0.359 e. The minimum atomic E-state index is -0.163. The average Bonchev–Trinajstić information content (AvgIpc) is 2.64. The van der Waals surface area contributed by atoms with Gasteiger partial charge in [0, 0.05) is 30.3 Å². The normalized spacial score (nSPS) is 9.73. The Morgan fingerprint density at radius 2 is 2.27 bits per heavy atom. The van der Waals surface area contributed by atoms with E-state index in [-0.39, 0.29) is 11.8 Å². The van der Waals surface area contributed by atoms with Crippen LogP contribution in [-0.4, -0.2) is 25.4 Å². The van der Waals surface area contributed by atoms with Crippen LogP contribution in [0.15, 0.2) is 16.3 Å². The number of carbonyl (C=O) groups is 2. The lowest BCUT2D eigenvalue weighted by atomic mass is 10.4. The van der Waals surface area contributed by atoms with Gasteiger partial charge in [-0.05, 0) is 6.07 Å². The minimum absolute atomic E-state index is 0.0867. The summed E-state index contributed by atoms with van der Waals surface area (Å²) in [4.78, 5) is 23.7. The monoisotopic (exact) mass is 244 g/mol. The molecule has 1 aromatic rings. The third kappa shape index (κ3) is 3.93. The van der Waals surface area contributed by atoms with Crippen molar-refractivity contribution in [2.45, 2.75) is 11.3 Å². The van der Waals surface area contributed by atoms with E-state index < -0.39 is 0 Å². The van der Waals surface area contributed by atoms with Crippen LogP contribution >= 0.6 is 24.0 Å². The lowest BCUT2D eigenvalue weighted by Gasteiger charge is -2.02. The van der Waals surface area contributed by atoms with E-state index in [1.807, 2.05) is 0 Å². The predicted molar refractivity (Wildman–Crippen MR) is 62.6 cm³/mol. The topological polar surface area (TPSA) is 58.2 Å². The van der Waals surface area contributed by atoms with Crippen LogP contribution in [0.5, 0.6) is 0 Å². The molecule has 0 aromatic carbocycles. The van der Waals surface area contributed by atoms with Gasteiger partial charge in [0.05, 0.1) is 4.88 Å². The molecule has 0 spiro atoms. The fraction of sp³-hybridized carbons (Fsp3) is 0.333. The smallest absolute Gasteiger partial charge is 0.261 e. The Morgan fingerprint density at radius 3 is 2.80 bits per heavy atom. The maximum Gasteiger partial charge on any atom is 0.261 e. The molecule has 1 rings (SSSR count). The van der Waals surface area contributed by atoms with Crippen LogP contribution in [0.3, 0.4) is 0 Å². The highest BCUT2D eigenvalue weighted by Crippen LogP contribution is 2.17. The zero-order valence-corrected chi connectivity index (χ0v) is 9.95. The summed E-state index contributed by atoms with van der Waals surface area (Å²) in [5.74, 6) is -0.249. The lowest BCUT2D eigenvalue weighted by molar-refractivity contribution is -0.120. The highest BCUT2D eigenvalue weighted by atomic mass is 32.1. The van der Waals surface area contributed by atoms with E-state index in [0.29, 0.717) is 17.8 Å². The van der Waals surface area contributed by atoms with Crippen LogP contribution < -0.4 is 10.6 Å². The molecule has 2 amide bonds. The second-order valence-electron chi connectivity index (χ2n) is 2.85. The SMILES string of the molecule is CNC(=O)CCNC(=O)c1cc(S)cs1. The maximum atomic E-state index is 11.5. The van der Waals surface area contributed by atoms with Gasteiger partial charge in [-0.25, -0.2) is 0 Å². The van der Waals surface area contributed by atoms with Crippen molar-refractivity contribution in [3.8, 4) is 0 Å². The molecule has 0 saturated carbocycles. The Morgan fingerprint density at radius 1 is 1.53 bits per heavy atom. The molecule has 82 valence electrons. The van der Waals surface area contributed by atoms with Gasteiger partial charge < -0.3 is 10.6 Å². The van der Waals surface area contributed by atoms with Gasteiger partial charge in [-0.1, -0.05) is 0 Å². The molecule has 1 aromatic heterocycles. The van der Waals surface area contributed by atoms with Crippen LogP contribution in [0.4, 0.5) is 0 Å². The van der Waals surface area contributed by atoms with Crippen molar-refractivity contribution in [3.63, 3.8) is 0 Å². The van der Waals surface area contributed by atoms with Gasteiger partial charge in [-0.15, -0.1) is 24.0 Å². The van der Waals surface area contributed by atoms with Gasteiger partial charge in [-0.2, -0.15) is 0 Å². The van der Waals surface area contributed by atoms with Crippen LogP contribution in [0.25, 0.3) is 0 Å². The maximum absolute atomic E-state index is 11.5. The third-order valence-corrected chi connectivity index (χ3v) is 3.09. The van der Waals surface area contributed by atoms with Crippen molar-refractivity contribution < 1.29 is 9.59 Å². The molecular weight excluding hydrogens is 232 g/mol. The molecule has 15 heavy (non-hydrogen) atoms. The Hall–Kier alpha value is -1.01. The third-order valence-electron chi connectivity index (χ3n) is 1.73. The summed E-state index contributed by atoms with van der Waals surface area (Å²) in [6.45, 7) is 0.346. The lowest BCUT2D eigenvalue weighted by Crippen LogP contribution is -2.28. The van der Waals surface area contributed by atoms with Crippen molar-refractivity contribution >= 4 is 35.8 Å². The van der Waals surface area contributed by atoms with E-state index in [9.17, 15) is 9.59 Å².